The monoisotopic (exact) mass is 1880 g/mol. The molecule has 0 aliphatic heterocycles. The van der Waals surface area contributed by atoms with Crippen LogP contribution in [0.2, 0.25) is 0 Å². The Labute approximate surface area is 839 Å². The molecule has 0 bridgehead atoms. The van der Waals surface area contributed by atoms with Gasteiger partial charge in [-0.05, 0) is 204 Å². The van der Waals surface area contributed by atoms with E-state index in [0.717, 1.165) is 177 Å². The molecule has 0 saturated carbocycles. The first-order valence-electron chi connectivity index (χ1n) is 49.1. The molecule has 0 fully saturated rings. The molecule has 1 aliphatic rings. The van der Waals surface area contributed by atoms with Crippen molar-refractivity contribution >= 4 is 195 Å². The molecule has 0 unspecified atom stereocenters. The Balaban J connectivity index is 0.000000104. The second kappa shape index (κ2) is 33.2. The van der Waals surface area contributed by atoms with Crippen LogP contribution in [0.4, 0.5) is 0 Å². The van der Waals surface area contributed by atoms with Crippen molar-refractivity contribution < 1.29 is 4.42 Å². The van der Waals surface area contributed by atoms with E-state index in [1.54, 1.807) is 17.5 Å². The first kappa shape index (κ1) is 83.6. The Hall–Kier alpha value is -19.3. The van der Waals surface area contributed by atoms with E-state index in [0.29, 0.717) is 28.2 Å². The molecule has 20 aromatic carbocycles. The Morgan fingerprint density at radius 3 is 1.40 bits per heavy atom. The van der Waals surface area contributed by atoms with E-state index in [1.165, 1.54) is 91.3 Å². The van der Waals surface area contributed by atoms with Gasteiger partial charge in [0.2, 0.25) is 5.71 Å². The largest absolute Gasteiger partial charge is 0.436 e. The van der Waals surface area contributed by atoms with E-state index in [-0.39, 0.29) is 5.41 Å². The third-order valence-corrected chi connectivity index (χ3v) is 30.6. The molecule has 0 saturated heterocycles. The molecular weight excluding hydrogens is 1800 g/mol. The maximum absolute atomic E-state index is 10.7. The van der Waals surface area contributed by atoms with Crippen molar-refractivity contribution in [3.05, 3.63) is 466 Å². The maximum atomic E-state index is 10.7. The van der Waals surface area contributed by atoms with Gasteiger partial charge in [0, 0.05) is 116 Å². The minimum atomic E-state index is -0.269. The second-order valence-corrected chi connectivity index (χ2v) is 39.4. The van der Waals surface area contributed by atoms with Gasteiger partial charge in [0.25, 0.3) is 0 Å². The number of hydrogen-bond donors (Lipinski definition) is 0. The highest BCUT2D eigenvalue weighted by Gasteiger charge is 2.40. The molecule has 14 heteroatoms. The summed E-state index contributed by atoms with van der Waals surface area (Å²) in [7, 11) is 0. The molecule has 1 aliphatic carbocycles. The summed E-state index contributed by atoms with van der Waals surface area (Å²) in [5, 5.41) is 35.3. The third kappa shape index (κ3) is 13.5. The van der Waals surface area contributed by atoms with Crippen LogP contribution in [0.3, 0.4) is 0 Å². The molecule has 0 amide bonds. The van der Waals surface area contributed by atoms with E-state index in [1.807, 2.05) is 79.0 Å². The number of pyridine rings is 2. The van der Waals surface area contributed by atoms with E-state index < -0.39 is 0 Å². The van der Waals surface area contributed by atoms with Gasteiger partial charge in [-0.3, -0.25) is 9.55 Å². The van der Waals surface area contributed by atoms with Crippen LogP contribution in [0.25, 0.3) is 280 Å². The SMILES string of the molecule is CC1(C)c2ccccc2-c2nc(-c3ccc4ccccc4c3)c(-c3ccc(-n4c5ccccc5c5cc6ccccc6cc54)nc3)nc21.N#Cc1cc(-c2nc3oc4ccccc4c3nc2-c2ccc3cccnc3c2)ccc1-n1c2ccccc2c2cc3ccccc3cc21.c1ccc2cc(-c3nc4c(nc3-c3cccc5cc(-n6c7ccccc7c7cc8ccccc8cc76)ccc35)sc3ccccc34)ccc2c1. The van der Waals surface area contributed by atoms with Crippen molar-refractivity contribution in [2.75, 3.05) is 0 Å². The Morgan fingerprint density at radius 2 is 0.760 bits per heavy atom. The lowest BCUT2D eigenvalue weighted by atomic mass is 9.85. The van der Waals surface area contributed by atoms with Gasteiger partial charge in [0.05, 0.1) is 89.7 Å². The Bertz CT molecular complexity index is 10800. The number of furan rings is 1. The Kier molecular flexibility index (Phi) is 19.0. The fraction of sp³-hybridized carbons (Fsp3) is 0.0227. The van der Waals surface area contributed by atoms with Gasteiger partial charge in [0.1, 0.15) is 39.0 Å². The number of aromatic nitrogens is 11. The van der Waals surface area contributed by atoms with Crippen molar-refractivity contribution in [3.8, 4) is 102 Å². The molecule has 10 heterocycles. The van der Waals surface area contributed by atoms with Gasteiger partial charge in [0.15, 0.2) is 0 Å². The normalized spacial score (nSPS) is 12.4. The quantitative estimate of drug-likeness (QED) is 0.136. The van der Waals surface area contributed by atoms with Gasteiger partial charge in [-0.15, -0.1) is 11.3 Å². The number of rotatable bonds is 9. The maximum Gasteiger partial charge on any atom is 0.246 e. The summed E-state index contributed by atoms with van der Waals surface area (Å²) in [5.41, 5.74) is 27.7. The highest BCUT2D eigenvalue weighted by molar-refractivity contribution is 7.25. The van der Waals surface area contributed by atoms with E-state index >= 15 is 0 Å². The molecule has 0 spiro atoms. The predicted molar refractivity (Wildman–Crippen MR) is 602 cm³/mol. The van der Waals surface area contributed by atoms with Crippen molar-refractivity contribution in [1.82, 2.24) is 53.6 Å². The topological polar surface area (TPSA) is 155 Å². The van der Waals surface area contributed by atoms with Crippen LogP contribution in [0.15, 0.2) is 454 Å². The Morgan fingerprint density at radius 1 is 0.288 bits per heavy atom. The second-order valence-electron chi connectivity index (χ2n) is 38.3. The first-order chi connectivity index (χ1) is 72.0. The zero-order valence-corrected chi connectivity index (χ0v) is 79.7. The third-order valence-electron chi connectivity index (χ3n) is 29.6. The average molecular weight is 1880 g/mol. The molecule has 680 valence electrons. The first-order valence-corrected chi connectivity index (χ1v) is 49.9. The zero-order chi connectivity index (χ0) is 96.5. The number of nitrogens with zero attached hydrogens (tertiary/aromatic N) is 12. The highest BCUT2D eigenvalue weighted by Crippen LogP contribution is 2.51. The zero-order valence-electron chi connectivity index (χ0n) is 78.9. The molecule has 0 radical (unpaired) electrons. The van der Waals surface area contributed by atoms with Crippen LogP contribution in [-0.2, 0) is 5.41 Å². The summed E-state index contributed by atoms with van der Waals surface area (Å²) >= 11 is 1.71. The van der Waals surface area contributed by atoms with Crippen molar-refractivity contribution in [3.63, 3.8) is 0 Å². The lowest BCUT2D eigenvalue weighted by molar-refractivity contribution is 0.636. The van der Waals surface area contributed by atoms with Crippen LogP contribution in [0.1, 0.15) is 30.7 Å². The number of thiophene rings is 1. The summed E-state index contributed by atoms with van der Waals surface area (Å²) in [4.78, 5) is 42.7. The van der Waals surface area contributed by atoms with Gasteiger partial charge in [-0.25, -0.2) is 34.9 Å². The predicted octanol–water partition coefficient (Wildman–Crippen LogP) is 34.0. The van der Waals surface area contributed by atoms with Gasteiger partial charge >= 0.3 is 0 Å². The standard InChI is InChI=1S/C46H27N3S.C44H30N4.C42H23N5O/c1-2-11-29-24-33(21-20-28(29)10-1)43-44(48-46-45(47-43)38-16-6-8-19-42(38)50-46)37-17-9-14-32-25-34(22-23-35(32)37)49-40-18-7-5-15-36(40)39-26-30-12-3-4-13-31(30)27-41(39)49;1-44(2)36-17-9-7-16-34(36)42-43(44)47-41(40(46-42)31-20-19-27-11-3-4-12-28(27)23-31)32-21-22-39(45-26-32)48-37-18-10-8-15-33(37)35-24-29-13-5-6-14-30(29)25-38(35)48;43-24-30-20-28(17-18-35(30)47-36-13-5-3-11-31(36)33-21-26-8-1-2-9-27(26)23-37(33)47)40-39(29-16-15-25-10-7-19-44-34(25)22-29)45-41-32-12-4-6-14-38(32)48-42(41)46-40/h1-27H;3-26H,1-2H3;1-23H. The van der Waals surface area contributed by atoms with Gasteiger partial charge in [-0.1, -0.05) is 317 Å². The van der Waals surface area contributed by atoms with Crippen molar-refractivity contribution in [1.29, 1.82) is 5.26 Å². The highest BCUT2D eigenvalue weighted by atomic mass is 32.1. The summed E-state index contributed by atoms with van der Waals surface area (Å²) in [5.74, 6) is 0.870. The van der Waals surface area contributed by atoms with E-state index in [9.17, 15) is 5.26 Å². The van der Waals surface area contributed by atoms with Crippen LogP contribution in [0, 0.1) is 11.3 Å². The number of fused-ring (bicyclic) bond motifs is 25. The molecule has 146 heavy (non-hydrogen) atoms. The summed E-state index contributed by atoms with van der Waals surface area (Å²) < 4.78 is 14.3. The summed E-state index contributed by atoms with van der Waals surface area (Å²) in [6.45, 7) is 4.50. The molecule has 10 aromatic heterocycles. The molecule has 0 atom stereocenters. The average Bonchev–Trinajstić information content (AvgIpc) is 1.57. The number of nitriles is 1. The minimum absolute atomic E-state index is 0.269. The summed E-state index contributed by atoms with van der Waals surface area (Å²) in [6.07, 6.45) is 3.76. The smallest absolute Gasteiger partial charge is 0.246 e. The van der Waals surface area contributed by atoms with Gasteiger partial charge in [-0.2, -0.15) is 5.26 Å². The number of hydrogen-bond acceptors (Lipinski definition) is 11. The molecule has 31 rings (SSSR count). The lowest BCUT2D eigenvalue weighted by Crippen LogP contribution is -2.17. The number of para-hydroxylation sites is 4. The van der Waals surface area contributed by atoms with Crippen molar-refractivity contribution in [2.45, 2.75) is 19.3 Å². The fourth-order valence-electron chi connectivity index (χ4n) is 22.5. The lowest BCUT2D eigenvalue weighted by Gasteiger charge is -2.21. The number of benzene rings is 20. The van der Waals surface area contributed by atoms with E-state index in [2.05, 4.69) is 403 Å². The summed E-state index contributed by atoms with van der Waals surface area (Å²) in [6, 6.07) is 156. The van der Waals surface area contributed by atoms with Crippen LogP contribution < -0.4 is 0 Å². The molecule has 13 nitrogen and oxygen atoms in total. The van der Waals surface area contributed by atoms with Crippen LogP contribution >= 0.6 is 11.3 Å². The van der Waals surface area contributed by atoms with Gasteiger partial charge < -0.3 is 13.6 Å². The fourth-order valence-corrected chi connectivity index (χ4v) is 23.6. The molecular formula is C132H80N12OS. The molecule has 0 N–H and O–H groups in total. The van der Waals surface area contributed by atoms with Crippen LogP contribution in [-0.4, -0.2) is 53.6 Å². The van der Waals surface area contributed by atoms with E-state index in [4.69, 9.17) is 39.3 Å². The minimum Gasteiger partial charge on any atom is -0.436 e. The molecule has 30 aromatic rings. The van der Waals surface area contributed by atoms with Crippen molar-refractivity contribution in [2.24, 2.45) is 0 Å². The van der Waals surface area contributed by atoms with Crippen LogP contribution in [0.5, 0.6) is 0 Å².